The Balaban J connectivity index is 2.37. The van der Waals surface area contributed by atoms with E-state index < -0.39 is 0 Å². The first kappa shape index (κ1) is 15.9. The maximum absolute atomic E-state index is 12.2. The number of rotatable bonds is 3. The molecule has 120 valence electrons. The van der Waals surface area contributed by atoms with Crippen molar-refractivity contribution in [1.29, 1.82) is 0 Å². The van der Waals surface area contributed by atoms with Crippen LogP contribution < -0.4 is 16.4 Å². The number of nitrogens with zero attached hydrogens (tertiary/aromatic N) is 3. The van der Waals surface area contributed by atoms with Crippen LogP contribution in [-0.4, -0.2) is 20.0 Å². The van der Waals surface area contributed by atoms with Crippen molar-refractivity contribution in [2.45, 2.75) is 40.0 Å². The van der Waals surface area contributed by atoms with Crippen molar-refractivity contribution in [2.75, 3.05) is 10.9 Å². The lowest BCUT2D eigenvalue weighted by Crippen LogP contribution is -2.28. The third-order valence-corrected chi connectivity index (χ3v) is 3.42. The second-order valence-electron chi connectivity index (χ2n) is 6.23. The van der Waals surface area contributed by atoms with Crippen molar-refractivity contribution < 1.29 is 9.63 Å². The first-order chi connectivity index (χ1) is 10.1. The van der Waals surface area contributed by atoms with Gasteiger partial charge in [0.1, 0.15) is 11.4 Å². The minimum Gasteiger partial charge on any atom is -0.478 e. The Morgan fingerprint density at radius 2 is 1.77 bits per heavy atom. The Morgan fingerprint density at radius 3 is 2.36 bits per heavy atom. The Kier molecular flexibility index (Phi) is 3.87. The first-order valence-corrected chi connectivity index (χ1v) is 6.88. The summed E-state index contributed by atoms with van der Waals surface area (Å²) in [5.41, 5.74) is 7.73. The van der Waals surface area contributed by atoms with Crippen molar-refractivity contribution in [3.8, 4) is 5.95 Å². The van der Waals surface area contributed by atoms with Crippen molar-refractivity contribution in [2.24, 2.45) is 7.05 Å². The lowest BCUT2D eigenvalue weighted by atomic mass is 9.91. The third kappa shape index (κ3) is 2.76. The van der Waals surface area contributed by atoms with E-state index in [0.717, 1.165) is 11.3 Å². The molecular formula is C14H21N5O3. The van der Waals surface area contributed by atoms with E-state index in [4.69, 9.17) is 4.52 Å². The predicted molar refractivity (Wildman–Crippen MR) is 83.1 cm³/mol. The highest BCUT2D eigenvalue weighted by atomic mass is 16.6. The summed E-state index contributed by atoms with van der Waals surface area (Å²) in [4.78, 5) is 12.2. The average molecular weight is 307 g/mol. The Bertz CT molecular complexity index is 755. The van der Waals surface area contributed by atoms with Crippen LogP contribution in [0, 0.1) is 13.8 Å². The number of hydrogen-bond acceptors (Lipinski definition) is 7. The second-order valence-corrected chi connectivity index (χ2v) is 6.23. The monoisotopic (exact) mass is 307 g/mol. The van der Waals surface area contributed by atoms with Crippen LogP contribution >= 0.6 is 0 Å². The predicted octanol–water partition coefficient (Wildman–Crippen LogP) is 1.83. The van der Waals surface area contributed by atoms with Crippen LogP contribution in [0.3, 0.4) is 0 Å². The molecule has 0 aliphatic rings. The summed E-state index contributed by atoms with van der Waals surface area (Å²) in [7, 11) is 1.58. The van der Waals surface area contributed by atoms with E-state index in [1.165, 1.54) is 4.68 Å². The number of nitrogens with one attached hydrogen (secondary N) is 2. The molecule has 3 N–H and O–H groups in total. The molecule has 2 aromatic heterocycles. The van der Waals surface area contributed by atoms with E-state index in [2.05, 4.69) is 21.1 Å². The highest BCUT2D eigenvalue weighted by molar-refractivity contribution is 5.62. The van der Waals surface area contributed by atoms with Gasteiger partial charge in [-0.2, -0.15) is 5.10 Å². The van der Waals surface area contributed by atoms with Gasteiger partial charge in [0, 0.05) is 18.0 Å². The molecule has 0 saturated carbocycles. The average Bonchev–Trinajstić information content (AvgIpc) is 2.78. The zero-order valence-corrected chi connectivity index (χ0v) is 13.6. The molecule has 8 heteroatoms. The lowest BCUT2D eigenvalue weighted by molar-refractivity contribution is 0.274. The zero-order valence-electron chi connectivity index (χ0n) is 13.6. The molecule has 2 rings (SSSR count). The fourth-order valence-corrected chi connectivity index (χ4v) is 2.03. The molecule has 8 nitrogen and oxygen atoms in total. The number of anilines is 2. The van der Waals surface area contributed by atoms with Crippen LogP contribution in [-0.2, 0) is 12.5 Å². The zero-order chi connectivity index (χ0) is 16.7. The summed E-state index contributed by atoms with van der Waals surface area (Å²) in [6.45, 7) is 9.44. The van der Waals surface area contributed by atoms with Crippen molar-refractivity contribution in [3.05, 3.63) is 27.3 Å². The van der Waals surface area contributed by atoms with Gasteiger partial charge < -0.3 is 9.63 Å². The summed E-state index contributed by atoms with van der Waals surface area (Å²) in [5, 5.41) is 17.8. The molecule has 0 aliphatic carbocycles. The van der Waals surface area contributed by atoms with Crippen molar-refractivity contribution >= 4 is 11.4 Å². The molecule has 0 bridgehead atoms. The van der Waals surface area contributed by atoms with E-state index in [0.29, 0.717) is 17.1 Å². The van der Waals surface area contributed by atoms with Gasteiger partial charge in [0.2, 0.25) is 0 Å². The van der Waals surface area contributed by atoms with E-state index in [9.17, 15) is 9.90 Å². The summed E-state index contributed by atoms with van der Waals surface area (Å²) in [6.07, 6.45) is 0. The normalized spacial score (nSPS) is 11.5. The molecule has 22 heavy (non-hydrogen) atoms. The maximum Gasteiger partial charge on any atom is 0.334 e. The number of aromatic hydroxyl groups is 1. The van der Waals surface area contributed by atoms with Gasteiger partial charge in [-0.25, -0.2) is 4.68 Å². The van der Waals surface area contributed by atoms with Crippen LogP contribution in [0.25, 0.3) is 0 Å². The number of aromatic nitrogens is 3. The number of aryl methyl sites for hydroxylation is 2. The van der Waals surface area contributed by atoms with Gasteiger partial charge in [0.25, 0.3) is 5.56 Å². The van der Waals surface area contributed by atoms with Crippen molar-refractivity contribution in [1.82, 2.24) is 14.9 Å². The first-order valence-electron chi connectivity index (χ1n) is 6.88. The SMILES string of the molecule is Cc1nn(C)c(=O)c(NNc2c(C(C)(C)C)noc2O)c1C. The second kappa shape index (κ2) is 5.36. The molecule has 0 radical (unpaired) electrons. The van der Waals surface area contributed by atoms with E-state index in [1.807, 2.05) is 27.7 Å². The molecule has 2 heterocycles. The fourth-order valence-electron chi connectivity index (χ4n) is 2.03. The largest absolute Gasteiger partial charge is 0.478 e. The summed E-state index contributed by atoms with van der Waals surface area (Å²) < 4.78 is 6.08. The summed E-state index contributed by atoms with van der Waals surface area (Å²) in [6, 6.07) is 0. The van der Waals surface area contributed by atoms with Crippen LogP contribution in [0.5, 0.6) is 5.95 Å². The molecule has 0 amide bonds. The summed E-state index contributed by atoms with van der Waals surface area (Å²) in [5.74, 6) is -0.335. The Labute approximate surface area is 128 Å². The van der Waals surface area contributed by atoms with Gasteiger partial charge >= 0.3 is 5.95 Å². The molecular weight excluding hydrogens is 286 g/mol. The number of hydrogen-bond donors (Lipinski definition) is 3. The molecule has 0 spiro atoms. The quantitative estimate of drug-likeness (QED) is 0.743. The minimum atomic E-state index is -0.335. The van der Waals surface area contributed by atoms with Gasteiger partial charge in [-0.05, 0) is 13.8 Å². The van der Waals surface area contributed by atoms with Crippen LogP contribution in [0.4, 0.5) is 11.4 Å². The molecule has 0 saturated heterocycles. The third-order valence-electron chi connectivity index (χ3n) is 3.42. The van der Waals surface area contributed by atoms with Crippen LogP contribution in [0.1, 0.15) is 37.7 Å². The molecule has 0 fully saturated rings. The van der Waals surface area contributed by atoms with E-state index in [-0.39, 0.29) is 16.9 Å². The molecule has 0 unspecified atom stereocenters. The number of hydrazine groups is 1. The Hall–Kier alpha value is -2.51. The summed E-state index contributed by atoms with van der Waals surface area (Å²) >= 11 is 0. The lowest BCUT2D eigenvalue weighted by Gasteiger charge is -2.18. The van der Waals surface area contributed by atoms with Crippen LogP contribution in [0.15, 0.2) is 9.32 Å². The maximum atomic E-state index is 12.2. The molecule has 0 aliphatic heterocycles. The minimum absolute atomic E-state index is 0.274. The standard InChI is InChI=1S/C14H21N5O3/c1-7-8(2)17-19(6)12(20)9(7)15-16-10-11(14(3,4)5)18-22-13(10)21/h15-16,21H,1-6H3. The van der Waals surface area contributed by atoms with E-state index >= 15 is 0 Å². The van der Waals surface area contributed by atoms with Gasteiger partial charge in [-0.15, -0.1) is 0 Å². The molecule has 0 atom stereocenters. The molecule has 0 aromatic carbocycles. The smallest absolute Gasteiger partial charge is 0.334 e. The molecule has 2 aromatic rings. The van der Waals surface area contributed by atoms with Gasteiger partial charge in [-0.1, -0.05) is 25.9 Å². The fraction of sp³-hybridized carbons (Fsp3) is 0.500. The Morgan fingerprint density at radius 1 is 1.18 bits per heavy atom. The topological polar surface area (TPSA) is 105 Å². The highest BCUT2D eigenvalue weighted by Gasteiger charge is 2.26. The van der Waals surface area contributed by atoms with Gasteiger partial charge in [0.05, 0.1) is 5.69 Å². The van der Waals surface area contributed by atoms with Crippen molar-refractivity contribution in [3.63, 3.8) is 0 Å². The van der Waals surface area contributed by atoms with Crippen LogP contribution in [0.2, 0.25) is 0 Å². The highest BCUT2D eigenvalue weighted by Crippen LogP contribution is 2.35. The van der Waals surface area contributed by atoms with E-state index in [1.54, 1.807) is 14.0 Å². The van der Waals surface area contributed by atoms with Gasteiger partial charge in [-0.3, -0.25) is 15.6 Å². The van der Waals surface area contributed by atoms with Gasteiger partial charge in [0.15, 0.2) is 5.69 Å².